The SMILES string of the molecule is Cc1nc(C2CC(C3CC(F)C(CO)C(S(C)(=O)=O)C3)CCC2n2cc(C(C)O)nc2C)c(C2CCC(O)C(O)C2)o1. The first-order chi connectivity index (χ1) is 19.8. The summed E-state index contributed by atoms with van der Waals surface area (Å²) in [6, 6.07) is -0.0655. The highest BCUT2D eigenvalue weighted by Crippen LogP contribution is 2.52. The van der Waals surface area contributed by atoms with Gasteiger partial charge in [-0.15, -0.1) is 0 Å². The largest absolute Gasteiger partial charge is 0.445 e. The Morgan fingerprint density at radius 1 is 1.05 bits per heavy atom. The van der Waals surface area contributed by atoms with E-state index in [9.17, 15) is 28.8 Å². The Morgan fingerprint density at radius 3 is 2.40 bits per heavy atom. The average molecular weight is 612 g/mol. The minimum atomic E-state index is -3.56. The summed E-state index contributed by atoms with van der Waals surface area (Å²) in [7, 11) is -3.56. The van der Waals surface area contributed by atoms with E-state index >= 15 is 4.39 Å². The standard InChI is InChI=1S/C30H46FN3O7S/c1-15(36)24-13-34(16(2)32-24)25-7-5-18(20-10-23(31)22(14-35)28(12-20)42(4,39)40)9-21(25)29-30(41-17(3)33-29)19-6-8-26(37)27(38)11-19/h13,15,18-23,25-28,35-38H,5-12,14H2,1-4H3. The second kappa shape index (κ2) is 12.3. The van der Waals surface area contributed by atoms with E-state index < -0.39 is 52.1 Å². The van der Waals surface area contributed by atoms with Gasteiger partial charge in [0, 0.05) is 49.8 Å². The van der Waals surface area contributed by atoms with Gasteiger partial charge in [0.15, 0.2) is 15.7 Å². The first-order valence-electron chi connectivity index (χ1n) is 15.3. The number of rotatable bonds is 7. The fourth-order valence-electron chi connectivity index (χ4n) is 8.05. The van der Waals surface area contributed by atoms with Crippen LogP contribution in [-0.4, -0.2) is 79.9 Å². The number of sulfone groups is 1. The molecule has 10 nitrogen and oxygen atoms in total. The van der Waals surface area contributed by atoms with Crippen LogP contribution in [0.4, 0.5) is 4.39 Å². The van der Waals surface area contributed by atoms with Crippen molar-refractivity contribution in [3.05, 3.63) is 35.1 Å². The first-order valence-corrected chi connectivity index (χ1v) is 17.2. The predicted molar refractivity (Wildman–Crippen MR) is 153 cm³/mol. The minimum Gasteiger partial charge on any atom is -0.445 e. The molecule has 236 valence electrons. The van der Waals surface area contributed by atoms with E-state index in [1.54, 1.807) is 13.8 Å². The molecule has 2 heterocycles. The molecule has 11 atom stereocenters. The van der Waals surface area contributed by atoms with E-state index in [1.165, 1.54) is 0 Å². The molecule has 0 bridgehead atoms. The Balaban J connectivity index is 1.51. The number of imidazole rings is 1. The second-order valence-electron chi connectivity index (χ2n) is 13.1. The van der Waals surface area contributed by atoms with Gasteiger partial charge in [-0.3, -0.25) is 0 Å². The number of aliphatic hydroxyl groups is 4. The number of aromatic nitrogens is 3. The zero-order chi connectivity index (χ0) is 30.5. The molecule has 3 fully saturated rings. The van der Waals surface area contributed by atoms with Gasteiger partial charge in [-0.25, -0.2) is 22.8 Å². The number of aryl methyl sites for hydroxylation is 2. The summed E-state index contributed by atoms with van der Waals surface area (Å²) in [6.07, 6.45) is 3.43. The van der Waals surface area contributed by atoms with Crippen LogP contribution >= 0.6 is 0 Å². The normalized spacial score (nSPS) is 37.1. The van der Waals surface area contributed by atoms with Crippen LogP contribution < -0.4 is 0 Å². The number of halogens is 1. The molecule has 3 aliphatic rings. The molecule has 0 aliphatic heterocycles. The van der Waals surface area contributed by atoms with Crippen LogP contribution in [0.2, 0.25) is 0 Å². The van der Waals surface area contributed by atoms with Crippen molar-refractivity contribution in [1.29, 1.82) is 0 Å². The summed E-state index contributed by atoms with van der Waals surface area (Å²) in [4.78, 5) is 9.47. The van der Waals surface area contributed by atoms with Crippen LogP contribution in [0.1, 0.15) is 111 Å². The maximum atomic E-state index is 15.4. The van der Waals surface area contributed by atoms with Crippen LogP contribution in [0.5, 0.6) is 0 Å². The molecule has 42 heavy (non-hydrogen) atoms. The lowest BCUT2D eigenvalue weighted by Gasteiger charge is -2.44. The lowest BCUT2D eigenvalue weighted by molar-refractivity contribution is -0.0172. The lowest BCUT2D eigenvalue weighted by atomic mass is 9.65. The van der Waals surface area contributed by atoms with E-state index in [0.717, 1.165) is 30.6 Å². The highest BCUT2D eigenvalue weighted by atomic mass is 32.2. The zero-order valence-electron chi connectivity index (χ0n) is 24.9. The van der Waals surface area contributed by atoms with Gasteiger partial charge >= 0.3 is 0 Å². The van der Waals surface area contributed by atoms with E-state index in [0.29, 0.717) is 49.4 Å². The minimum absolute atomic E-state index is 0.0390. The van der Waals surface area contributed by atoms with Crippen LogP contribution in [0.25, 0.3) is 0 Å². The summed E-state index contributed by atoms with van der Waals surface area (Å²) >= 11 is 0. The van der Waals surface area contributed by atoms with Crippen LogP contribution in [-0.2, 0) is 9.84 Å². The second-order valence-corrected chi connectivity index (χ2v) is 15.4. The summed E-state index contributed by atoms with van der Waals surface area (Å²) in [6.45, 7) is 4.89. The van der Waals surface area contributed by atoms with Crippen molar-refractivity contribution < 1.29 is 37.7 Å². The molecule has 2 aromatic rings. The zero-order valence-corrected chi connectivity index (χ0v) is 25.8. The summed E-state index contributed by atoms with van der Waals surface area (Å²) in [5, 5.41) is 39.7. The Labute approximate surface area is 247 Å². The van der Waals surface area contributed by atoms with E-state index in [2.05, 4.69) is 9.55 Å². The number of nitrogens with zero attached hydrogens (tertiary/aromatic N) is 3. The van der Waals surface area contributed by atoms with Crippen LogP contribution in [0.3, 0.4) is 0 Å². The number of aliphatic hydroxyl groups excluding tert-OH is 4. The number of alkyl halides is 1. The quantitative estimate of drug-likeness (QED) is 0.368. The molecule has 0 saturated heterocycles. The molecule has 5 rings (SSSR count). The van der Waals surface area contributed by atoms with Crippen LogP contribution in [0.15, 0.2) is 10.6 Å². The molecule has 11 unspecified atom stereocenters. The monoisotopic (exact) mass is 611 g/mol. The van der Waals surface area contributed by atoms with Crippen molar-refractivity contribution in [3.8, 4) is 0 Å². The Bertz CT molecular complexity index is 1340. The smallest absolute Gasteiger partial charge is 0.191 e. The lowest BCUT2D eigenvalue weighted by Crippen LogP contribution is -2.46. The van der Waals surface area contributed by atoms with E-state index in [-0.39, 0.29) is 36.1 Å². The summed E-state index contributed by atoms with van der Waals surface area (Å²) < 4.78 is 49.0. The predicted octanol–water partition coefficient (Wildman–Crippen LogP) is 3.43. The molecule has 12 heteroatoms. The molecular weight excluding hydrogens is 565 g/mol. The van der Waals surface area contributed by atoms with Gasteiger partial charge in [0.25, 0.3) is 0 Å². The highest BCUT2D eigenvalue weighted by molar-refractivity contribution is 7.91. The van der Waals surface area contributed by atoms with Gasteiger partial charge in [-0.1, -0.05) is 0 Å². The van der Waals surface area contributed by atoms with Gasteiger partial charge in [-0.05, 0) is 77.0 Å². The highest BCUT2D eigenvalue weighted by Gasteiger charge is 2.48. The molecule has 3 saturated carbocycles. The van der Waals surface area contributed by atoms with E-state index in [4.69, 9.17) is 9.40 Å². The molecule has 0 spiro atoms. The molecule has 0 radical (unpaired) electrons. The third-order valence-corrected chi connectivity index (χ3v) is 11.9. The maximum Gasteiger partial charge on any atom is 0.191 e. The van der Waals surface area contributed by atoms with Gasteiger partial charge in [0.1, 0.15) is 17.8 Å². The van der Waals surface area contributed by atoms with Gasteiger partial charge in [-0.2, -0.15) is 0 Å². The number of hydrogen-bond donors (Lipinski definition) is 4. The fraction of sp³-hybridized carbons (Fsp3) is 0.800. The van der Waals surface area contributed by atoms with Crippen molar-refractivity contribution in [1.82, 2.24) is 14.5 Å². The van der Waals surface area contributed by atoms with E-state index in [1.807, 2.05) is 13.1 Å². The molecule has 4 N–H and O–H groups in total. The summed E-state index contributed by atoms with van der Waals surface area (Å²) in [5.41, 5.74) is 1.37. The summed E-state index contributed by atoms with van der Waals surface area (Å²) in [5.74, 6) is 0.697. The molecule has 0 aromatic carbocycles. The third kappa shape index (κ3) is 6.20. The Hall–Kier alpha value is -1.86. The van der Waals surface area contributed by atoms with Crippen molar-refractivity contribution in [2.45, 2.75) is 120 Å². The Morgan fingerprint density at radius 2 is 1.79 bits per heavy atom. The number of oxazole rings is 1. The van der Waals surface area contributed by atoms with Gasteiger partial charge in [0.05, 0.1) is 34.9 Å². The molecule has 2 aromatic heterocycles. The Kier molecular flexibility index (Phi) is 9.21. The van der Waals surface area contributed by atoms with Gasteiger partial charge < -0.3 is 29.4 Å². The van der Waals surface area contributed by atoms with Crippen molar-refractivity contribution in [3.63, 3.8) is 0 Å². The molecule has 0 amide bonds. The van der Waals surface area contributed by atoms with Crippen molar-refractivity contribution in [2.24, 2.45) is 17.8 Å². The molecular formula is C30H46FN3O7S. The topological polar surface area (TPSA) is 159 Å². The van der Waals surface area contributed by atoms with Crippen molar-refractivity contribution >= 4 is 9.84 Å². The van der Waals surface area contributed by atoms with Crippen molar-refractivity contribution in [2.75, 3.05) is 12.9 Å². The third-order valence-electron chi connectivity index (χ3n) is 10.3. The maximum absolute atomic E-state index is 15.4. The molecule has 3 aliphatic carbocycles. The average Bonchev–Trinajstić information content (AvgIpc) is 3.51. The fourth-order valence-corrected chi connectivity index (χ4v) is 9.54. The van der Waals surface area contributed by atoms with Crippen LogP contribution in [0, 0.1) is 31.6 Å². The van der Waals surface area contributed by atoms with Gasteiger partial charge in [0.2, 0.25) is 0 Å². The first kappa shape index (κ1) is 31.6. The number of hydrogen-bond acceptors (Lipinski definition) is 9.